The number of pyridine rings is 1. The molecule has 0 aliphatic rings. The Morgan fingerprint density at radius 3 is 2.60 bits per heavy atom. The highest BCUT2D eigenvalue weighted by molar-refractivity contribution is 7.20. The van der Waals surface area contributed by atoms with E-state index in [1.807, 2.05) is 72.4 Å². The normalized spacial score (nSPS) is 11.8. The third-order valence-electron chi connectivity index (χ3n) is 7.63. The molecule has 1 N–H and O–H groups in total. The van der Waals surface area contributed by atoms with E-state index in [-0.39, 0.29) is 11.1 Å². The third kappa shape index (κ3) is 3.99. The Bertz CT molecular complexity index is 2140. The molecule has 0 aliphatic heterocycles. The number of rotatable bonds is 6. The Labute approximate surface area is 233 Å². The second kappa shape index (κ2) is 9.50. The van der Waals surface area contributed by atoms with E-state index < -0.39 is 0 Å². The lowest BCUT2D eigenvalue weighted by Crippen LogP contribution is -2.24. The minimum atomic E-state index is -0.167. The maximum absolute atomic E-state index is 14.2. The summed E-state index contributed by atoms with van der Waals surface area (Å²) in [7, 11) is 0. The number of aromatic amines is 1. The highest BCUT2D eigenvalue weighted by Crippen LogP contribution is 2.27. The molecular formula is C32H27N5O2S. The molecule has 0 fully saturated rings. The number of hydrogen-bond donors (Lipinski definition) is 1. The van der Waals surface area contributed by atoms with Crippen LogP contribution < -0.4 is 11.1 Å². The van der Waals surface area contributed by atoms with E-state index >= 15 is 0 Å². The number of fused-ring (bicyclic) bond motifs is 3. The first-order valence-corrected chi connectivity index (χ1v) is 14.1. The van der Waals surface area contributed by atoms with Gasteiger partial charge < -0.3 is 9.55 Å². The second-order valence-electron chi connectivity index (χ2n) is 10.2. The highest BCUT2D eigenvalue weighted by atomic mass is 32.1. The summed E-state index contributed by atoms with van der Waals surface area (Å²) in [6.07, 6.45) is 2.67. The molecule has 7 rings (SSSR count). The van der Waals surface area contributed by atoms with Gasteiger partial charge in [0.15, 0.2) is 0 Å². The van der Waals surface area contributed by atoms with Gasteiger partial charge in [-0.2, -0.15) is 4.68 Å². The van der Waals surface area contributed by atoms with Crippen LogP contribution in [0.5, 0.6) is 0 Å². The van der Waals surface area contributed by atoms with E-state index in [1.54, 1.807) is 15.3 Å². The lowest BCUT2D eigenvalue weighted by Gasteiger charge is -2.13. The first-order valence-electron chi connectivity index (χ1n) is 13.3. The molecule has 4 heterocycles. The van der Waals surface area contributed by atoms with Crippen molar-refractivity contribution in [2.75, 3.05) is 0 Å². The molecule has 0 radical (unpaired) electrons. The van der Waals surface area contributed by atoms with E-state index in [2.05, 4.69) is 30.1 Å². The number of thiazole rings is 1. The molecule has 0 atom stereocenters. The Morgan fingerprint density at radius 2 is 1.75 bits per heavy atom. The molecule has 4 aromatic heterocycles. The first-order chi connectivity index (χ1) is 19.5. The number of nitrogens with zero attached hydrogens (tertiary/aromatic N) is 4. The number of aromatic nitrogens is 5. The van der Waals surface area contributed by atoms with Crippen LogP contribution in [0.4, 0.5) is 0 Å². The topological polar surface area (TPSA) is 77.6 Å². The molecule has 0 spiro atoms. The molecule has 0 unspecified atom stereocenters. The molecule has 0 bridgehead atoms. The van der Waals surface area contributed by atoms with Crippen molar-refractivity contribution in [2.24, 2.45) is 0 Å². The van der Waals surface area contributed by atoms with Gasteiger partial charge in [0.1, 0.15) is 0 Å². The maximum Gasteiger partial charge on any atom is 0.283 e. The fourth-order valence-corrected chi connectivity index (χ4v) is 6.65. The molecule has 0 amide bonds. The van der Waals surface area contributed by atoms with E-state index in [4.69, 9.17) is 4.98 Å². The largest absolute Gasteiger partial charge is 0.361 e. The van der Waals surface area contributed by atoms with Crippen LogP contribution >= 0.6 is 11.3 Å². The van der Waals surface area contributed by atoms with Gasteiger partial charge in [-0.1, -0.05) is 71.5 Å². The molecule has 40 heavy (non-hydrogen) atoms. The van der Waals surface area contributed by atoms with Crippen LogP contribution in [0.15, 0.2) is 94.6 Å². The van der Waals surface area contributed by atoms with Crippen LogP contribution in [-0.2, 0) is 19.5 Å². The van der Waals surface area contributed by atoms with Crippen molar-refractivity contribution in [1.82, 2.24) is 23.9 Å². The number of benzene rings is 3. The van der Waals surface area contributed by atoms with E-state index in [0.29, 0.717) is 41.2 Å². The smallest absolute Gasteiger partial charge is 0.283 e. The van der Waals surface area contributed by atoms with Crippen molar-refractivity contribution in [1.29, 1.82) is 0 Å². The van der Waals surface area contributed by atoms with E-state index in [1.165, 1.54) is 11.3 Å². The minimum absolute atomic E-state index is 0.121. The molecule has 198 valence electrons. The summed E-state index contributed by atoms with van der Waals surface area (Å²) in [5, 5.41) is 2.29. The average Bonchev–Trinajstić information content (AvgIpc) is 3.63. The summed E-state index contributed by atoms with van der Waals surface area (Å²) in [6, 6.07) is 25.9. The van der Waals surface area contributed by atoms with Crippen LogP contribution in [0.25, 0.3) is 37.2 Å². The van der Waals surface area contributed by atoms with Gasteiger partial charge in [0.2, 0.25) is 5.13 Å². The molecule has 0 saturated heterocycles. The average molecular weight is 546 g/mol. The van der Waals surface area contributed by atoms with Crippen LogP contribution in [0.2, 0.25) is 0 Å². The quantitative estimate of drug-likeness (QED) is 0.280. The van der Waals surface area contributed by atoms with Crippen LogP contribution in [-0.4, -0.2) is 23.9 Å². The van der Waals surface area contributed by atoms with Crippen molar-refractivity contribution in [2.45, 2.75) is 33.4 Å². The lowest BCUT2D eigenvalue weighted by atomic mass is 10.1. The Balaban J connectivity index is 1.40. The van der Waals surface area contributed by atoms with Crippen LogP contribution in [0.3, 0.4) is 0 Å². The van der Waals surface area contributed by atoms with Crippen LogP contribution in [0, 0.1) is 13.8 Å². The number of aryl methyl sites for hydroxylation is 3. The van der Waals surface area contributed by atoms with Gasteiger partial charge in [0.25, 0.3) is 11.1 Å². The summed E-state index contributed by atoms with van der Waals surface area (Å²) >= 11 is 1.47. The number of nitrogens with one attached hydrogen (secondary N) is 1. The second-order valence-corrected chi connectivity index (χ2v) is 11.2. The molecule has 0 saturated carbocycles. The molecule has 7 aromatic rings. The molecule has 8 heteroatoms. The number of para-hydroxylation sites is 2. The minimum Gasteiger partial charge on any atom is -0.361 e. The van der Waals surface area contributed by atoms with Gasteiger partial charge in [0.05, 0.1) is 27.7 Å². The van der Waals surface area contributed by atoms with Crippen molar-refractivity contribution >= 4 is 43.4 Å². The van der Waals surface area contributed by atoms with Crippen molar-refractivity contribution < 1.29 is 0 Å². The van der Waals surface area contributed by atoms with E-state index in [0.717, 1.165) is 37.8 Å². The number of hydrogen-bond acceptors (Lipinski definition) is 4. The molecule has 7 nitrogen and oxygen atoms in total. The zero-order valence-corrected chi connectivity index (χ0v) is 23.0. The maximum atomic E-state index is 14.2. The lowest BCUT2D eigenvalue weighted by molar-refractivity contribution is 0.609. The van der Waals surface area contributed by atoms with Gasteiger partial charge in [-0.3, -0.25) is 14.3 Å². The van der Waals surface area contributed by atoms with Crippen molar-refractivity contribution in [3.05, 3.63) is 128 Å². The predicted octanol–water partition coefficient (Wildman–Crippen LogP) is 5.95. The fourth-order valence-electron chi connectivity index (χ4n) is 5.67. The zero-order chi connectivity index (χ0) is 27.4. The summed E-state index contributed by atoms with van der Waals surface area (Å²) in [6.45, 7) is 4.84. The Morgan fingerprint density at radius 1 is 0.925 bits per heavy atom. The van der Waals surface area contributed by atoms with E-state index in [9.17, 15) is 9.59 Å². The van der Waals surface area contributed by atoms with Gasteiger partial charge in [-0.25, -0.2) is 4.98 Å². The predicted molar refractivity (Wildman–Crippen MR) is 162 cm³/mol. The van der Waals surface area contributed by atoms with Crippen molar-refractivity contribution in [3.8, 4) is 5.13 Å². The highest BCUT2D eigenvalue weighted by Gasteiger charge is 2.22. The summed E-state index contributed by atoms with van der Waals surface area (Å²) < 4.78 is 6.29. The summed E-state index contributed by atoms with van der Waals surface area (Å²) in [5.74, 6) is 0. The molecular weight excluding hydrogens is 518 g/mol. The van der Waals surface area contributed by atoms with Gasteiger partial charge in [0, 0.05) is 35.4 Å². The first kappa shape index (κ1) is 24.4. The van der Waals surface area contributed by atoms with Crippen LogP contribution in [0.1, 0.15) is 22.4 Å². The Kier molecular flexibility index (Phi) is 5.78. The summed E-state index contributed by atoms with van der Waals surface area (Å²) in [4.78, 5) is 35.8. The van der Waals surface area contributed by atoms with Crippen molar-refractivity contribution in [3.63, 3.8) is 0 Å². The monoisotopic (exact) mass is 545 g/mol. The molecule has 3 aromatic carbocycles. The Hall–Kier alpha value is -4.69. The van der Waals surface area contributed by atoms with Gasteiger partial charge in [-0.15, -0.1) is 0 Å². The summed E-state index contributed by atoms with van der Waals surface area (Å²) in [5.41, 5.74) is 6.25. The fraction of sp³-hybridized carbons (Fsp3) is 0.156. The SMILES string of the molecule is Cc1cccc(Cn2c3cc(=O)n(CCc4c[nH]c5ccccc45)c(C)c3c(=O)n2-c2nc3ccccc3s2)c1. The third-order valence-corrected chi connectivity index (χ3v) is 8.64. The van der Waals surface area contributed by atoms with Gasteiger partial charge in [-0.05, 0) is 49.6 Å². The van der Waals surface area contributed by atoms with Gasteiger partial charge >= 0.3 is 0 Å². The standard InChI is InChI=1S/C32H27N5O2S/c1-20-8-7-9-22(16-20)19-36-27-17-29(38)35(15-14-23-18-33-25-11-4-3-10-24(23)25)21(2)30(27)31(39)37(36)32-34-26-12-5-6-13-28(26)40-32/h3-13,16-18,33H,14-15,19H2,1-2H3. The number of H-pyrrole nitrogens is 1. The zero-order valence-electron chi connectivity index (χ0n) is 22.2. The molecule has 0 aliphatic carbocycles.